The van der Waals surface area contributed by atoms with Crippen molar-refractivity contribution in [3.63, 3.8) is 0 Å². The van der Waals surface area contributed by atoms with Crippen LogP contribution in [0, 0.1) is 20.2 Å². The van der Waals surface area contributed by atoms with E-state index < -0.39 is 25.8 Å². The molecule has 2 aromatic rings. The van der Waals surface area contributed by atoms with Gasteiger partial charge in [0.05, 0.1) is 14.7 Å². The maximum absolute atomic E-state index is 12.7. The molecule has 11 nitrogen and oxygen atoms in total. The lowest BCUT2D eigenvalue weighted by Crippen LogP contribution is -2.50. The van der Waals surface area contributed by atoms with E-state index in [-0.39, 0.29) is 48.0 Å². The van der Waals surface area contributed by atoms with Gasteiger partial charge in [-0.25, -0.2) is 8.42 Å². The number of non-ortho nitro benzene ring substituents is 2. The third kappa shape index (κ3) is 4.22. The molecule has 0 atom stereocenters. The smallest absolute Gasteiger partial charge is 0.270 e. The SMILES string of the molecule is O=C(c1cccc([N+](=O)[O-])c1)N1CCN(S(=O)(=O)c2ccc([N+](=O)[O-])cc2)CC1. The standard InChI is InChI=1S/C17H16N4O7S/c22-17(13-2-1-3-15(12-13)21(25)26)18-8-10-19(11-9-18)29(27,28)16-6-4-14(5-7-16)20(23)24/h1-7,12H,8-11H2. The highest BCUT2D eigenvalue weighted by Crippen LogP contribution is 2.22. The highest BCUT2D eigenvalue weighted by molar-refractivity contribution is 7.89. The first kappa shape index (κ1) is 20.4. The van der Waals surface area contributed by atoms with Crippen LogP contribution in [0.2, 0.25) is 0 Å². The molecule has 2 aromatic carbocycles. The Balaban J connectivity index is 1.69. The van der Waals surface area contributed by atoms with Gasteiger partial charge in [-0.05, 0) is 18.2 Å². The molecule has 0 unspecified atom stereocenters. The summed E-state index contributed by atoms with van der Waals surface area (Å²) in [7, 11) is -3.85. The number of hydrogen-bond acceptors (Lipinski definition) is 7. The fourth-order valence-electron chi connectivity index (χ4n) is 2.96. The van der Waals surface area contributed by atoms with Crippen molar-refractivity contribution in [1.82, 2.24) is 9.21 Å². The van der Waals surface area contributed by atoms with Crippen molar-refractivity contribution in [2.45, 2.75) is 4.90 Å². The van der Waals surface area contributed by atoms with Crippen LogP contribution >= 0.6 is 0 Å². The summed E-state index contributed by atoms with van der Waals surface area (Å²) in [4.78, 5) is 34.3. The molecule has 1 fully saturated rings. The second-order valence-corrected chi connectivity index (χ2v) is 8.19. The summed E-state index contributed by atoms with van der Waals surface area (Å²) in [6.07, 6.45) is 0. The number of nitro benzene ring substituents is 2. The number of benzene rings is 2. The van der Waals surface area contributed by atoms with Gasteiger partial charge in [0, 0.05) is 56.0 Å². The molecular weight excluding hydrogens is 404 g/mol. The van der Waals surface area contributed by atoms with Gasteiger partial charge in [-0.1, -0.05) is 6.07 Å². The summed E-state index contributed by atoms with van der Waals surface area (Å²) in [6.45, 7) is 0.321. The van der Waals surface area contributed by atoms with Crippen LogP contribution in [-0.4, -0.2) is 59.6 Å². The fraction of sp³-hybridized carbons (Fsp3) is 0.235. The van der Waals surface area contributed by atoms with E-state index in [1.807, 2.05) is 0 Å². The van der Waals surface area contributed by atoms with E-state index in [4.69, 9.17) is 0 Å². The van der Waals surface area contributed by atoms with Gasteiger partial charge in [-0.3, -0.25) is 25.0 Å². The lowest BCUT2D eigenvalue weighted by Gasteiger charge is -2.34. The molecule has 29 heavy (non-hydrogen) atoms. The largest absolute Gasteiger partial charge is 0.336 e. The summed E-state index contributed by atoms with van der Waals surface area (Å²) in [6, 6.07) is 9.94. The van der Waals surface area contributed by atoms with Gasteiger partial charge in [0.15, 0.2) is 0 Å². The second-order valence-electron chi connectivity index (χ2n) is 6.25. The molecule has 1 aliphatic heterocycles. The molecule has 0 aliphatic carbocycles. The average Bonchev–Trinajstić information content (AvgIpc) is 2.73. The van der Waals surface area contributed by atoms with E-state index in [0.717, 1.165) is 12.1 Å². The molecule has 0 N–H and O–H groups in total. The lowest BCUT2D eigenvalue weighted by molar-refractivity contribution is -0.385. The van der Waals surface area contributed by atoms with Crippen LogP contribution in [0.25, 0.3) is 0 Å². The summed E-state index contributed by atoms with van der Waals surface area (Å²) in [5, 5.41) is 21.6. The van der Waals surface area contributed by atoms with Crippen LogP contribution < -0.4 is 0 Å². The predicted molar refractivity (Wildman–Crippen MR) is 101 cm³/mol. The zero-order chi connectivity index (χ0) is 21.2. The number of rotatable bonds is 5. The van der Waals surface area contributed by atoms with Gasteiger partial charge >= 0.3 is 0 Å². The first-order chi connectivity index (χ1) is 13.7. The van der Waals surface area contributed by atoms with Crippen molar-refractivity contribution in [2.24, 2.45) is 0 Å². The Hall–Kier alpha value is -3.38. The normalized spacial score (nSPS) is 15.1. The predicted octanol–water partition coefficient (Wildman–Crippen LogP) is 1.65. The van der Waals surface area contributed by atoms with E-state index in [1.165, 1.54) is 45.6 Å². The highest BCUT2D eigenvalue weighted by atomic mass is 32.2. The van der Waals surface area contributed by atoms with Crippen LogP contribution in [0.3, 0.4) is 0 Å². The van der Waals surface area contributed by atoms with E-state index in [1.54, 1.807) is 0 Å². The van der Waals surface area contributed by atoms with Crippen molar-refractivity contribution in [2.75, 3.05) is 26.2 Å². The summed E-state index contributed by atoms with van der Waals surface area (Å²) in [5.41, 5.74) is -0.252. The van der Waals surface area contributed by atoms with Crippen LogP contribution in [0.4, 0.5) is 11.4 Å². The molecule has 152 valence electrons. The molecule has 1 saturated heterocycles. The van der Waals surface area contributed by atoms with E-state index >= 15 is 0 Å². The molecule has 1 aliphatic rings. The molecule has 0 aromatic heterocycles. The van der Waals surface area contributed by atoms with Gasteiger partial charge < -0.3 is 4.90 Å². The zero-order valence-electron chi connectivity index (χ0n) is 15.0. The summed E-state index contributed by atoms with van der Waals surface area (Å²) in [5.74, 6) is -0.416. The monoisotopic (exact) mass is 420 g/mol. The Bertz CT molecular complexity index is 1060. The molecule has 12 heteroatoms. The van der Waals surface area contributed by atoms with E-state index in [0.29, 0.717) is 0 Å². The Morgan fingerprint density at radius 1 is 0.862 bits per heavy atom. The summed E-state index contributed by atoms with van der Waals surface area (Å²) >= 11 is 0. The lowest BCUT2D eigenvalue weighted by atomic mass is 10.1. The number of hydrogen-bond donors (Lipinski definition) is 0. The maximum Gasteiger partial charge on any atom is 0.270 e. The minimum absolute atomic E-state index is 0.0417. The second kappa shape index (κ2) is 7.93. The number of amides is 1. The Morgan fingerprint density at radius 3 is 2.00 bits per heavy atom. The number of piperazine rings is 1. The minimum atomic E-state index is -3.85. The average molecular weight is 420 g/mol. The maximum atomic E-state index is 12.7. The molecule has 0 radical (unpaired) electrons. The highest BCUT2D eigenvalue weighted by Gasteiger charge is 2.31. The molecule has 0 bridgehead atoms. The number of sulfonamides is 1. The minimum Gasteiger partial charge on any atom is -0.336 e. The molecular formula is C17H16N4O7S. The van der Waals surface area contributed by atoms with Crippen molar-refractivity contribution in [1.29, 1.82) is 0 Å². The first-order valence-corrected chi connectivity index (χ1v) is 9.92. The van der Waals surface area contributed by atoms with Gasteiger partial charge in [0.1, 0.15) is 0 Å². The van der Waals surface area contributed by atoms with Crippen LogP contribution in [0.15, 0.2) is 53.4 Å². The quantitative estimate of drug-likeness (QED) is 0.528. The third-order valence-corrected chi connectivity index (χ3v) is 6.43. The number of nitro groups is 2. The Morgan fingerprint density at radius 2 is 1.45 bits per heavy atom. The third-order valence-electron chi connectivity index (χ3n) is 4.52. The van der Waals surface area contributed by atoms with Crippen molar-refractivity contribution < 1.29 is 23.1 Å². The molecule has 1 amide bonds. The van der Waals surface area contributed by atoms with Crippen molar-refractivity contribution >= 4 is 27.3 Å². The molecule has 0 saturated carbocycles. The van der Waals surface area contributed by atoms with Crippen molar-refractivity contribution in [3.05, 3.63) is 74.3 Å². The van der Waals surface area contributed by atoms with Crippen LogP contribution in [0.5, 0.6) is 0 Å². The van der Waals surface area contributed by atoms with Gasteiger partial charge in [0.25, 0.3) is 17.3 Å². The number of carbonyl (C=O) groups excluding carboxylic acids is 1. The molecule has 3 rings (SSSR count). The Labute approximate surface area is 165 Å². The van der Waals surface area contributed by atoms with Crippen LogP contribution in [-0.2, 0) is 10.0 Å². The zero-order valence-corrected chi connectivity index (χ0v) is 15.8. The van der Waals surface area contributed by atoms with Gasteiger partial charge in [0.2, 0.25) is 10.0 Å². The van der Waals surface area contributed by atoms with Crippen LogP contribution in [0.1, 0.15) is 10.4 Å². The number of nitrogens with zero attached hydrogens (tertiary/aromatic N) is 4. The number of carbonyl (C=O) groups is 1. The fourth-order valence-corrected chi connectivity index (χ4v) is 4.38. The molecule has 1 heterocycles. The Kier molecular flexibility index (Phi) is 5.57. The summed E-state index contributed by atoms with van der Waals surface area (Å²) < 4.78 is 26.6. The first-order valence-electron chi connectivity index (χ1n) is 8.48. The van der Waals surface area contributed by atoms with E-state index in [2.05, 4.69) is 0 Å². The van der Waals surface area contributed by atoms with Gasteiger partial charge in [-0.2, -0.15) is 4.31 Å². The topological polar surface area (TPSA) is 144 Å². The van der Waals surface area contributed by atoms with E-state index in [9.17, 15) is 33.4 Å². The van der Waals surface area contributed by atoms with Crippen molar-refractivity contribution in [3.8, 4) is 0 Å². The molecule has 0 spiro atoms. The van der Waals surface area contributed by atoms with Gasteiger partial charge in [-0.15, -0.1) is 0 Å².